The van der Waals surface area contributed by atoms with Crippen molar-refractivity contribution in [1.29, 1.82) is 0 Å². The summed E-state index contributed by atoms with van der Waals surface area (Å²) in [5, 5.41) is 0.566. The summed E-state index contributed by atoms with van der Waals surface area (Å²) >= 11 is 6.15. The van der Waals surface area contributed by atoms with Crippen molar-refractivity contribution in [1.82, 2.24) is 4.90 Å². The topological polar surface area (TPSA) is 55.6 Å². The van der Waals surface area contributed by atoms with Gasteiger partial charge in [0.15, 0.2) is 0 Å². The fourth-order valence-electron chi connectivity index (χ4n) is 2.47. The molecular weight excluding hydrogens is 264 g/mol. The lowest BCUT2D eigenvalue weighted by atomic mass is 10.1. The number of methoxy groups -OCH3 is 1. The standard InChI is InChI=1S/C14H19ClN2O2/c1-19-12-5-4-10(13(15)8-12)7-14(18)17-6-2-3-11(17)9-16/h4-5,8,11H,2-3,6-7,9,16H2,1H3. The van der Waals surface area contributed by atoms with Crippen LogP contribution in [0, 0.1) is 0 Å². The first-order chi connectivity index (χ1) is 9.15. The van der Waals surface area contributed by atoms with Crippen LogP contribution in [-0.2, 0) is 11.2 Å². The van der Waals surface area contributed by atoms with E-state index in [1.807, 2.05) is 17.0 Å². The molecular formula is C14H19ClN2O2. The van der Waals surface area contributed by atoms with Gasteiger partial charge in [0, 0.05) is 24.2 Å². The SMILES string of the molecule is COc1ccc(CC(=O)N2CCCC2CN)c(Cl)c1. The Bertz CT molecular complexity index is 465. The molecule has 1 heterocycles. The van der Waals surface area contributed by atoms with Crippen molar-refractivity contribution >= 4 is 17.5 Å². The summed E-state index contributed by atoms with van der Waals surface area (Å²) in [6.07, 6.45) is 2.35. The average Bonchev–Trinajstić information content (AvgIpc) is 2.89. The number of carbonyl (C=O) groups is 1. The van der Waals surface area contributed by atoms with Gasteiger partial charge in [0.1, 0.15) is 5.75 Å². The second kappa shape index (κ2) is 6.26. The number of rotatable bonds is 4. The van der Waals surface area contributed by atoms with Gasteiger partial charge >= 0.3 is 0 Å². The Morgan fingerprint density at radius 1 is 1.58 bits per heavy atom. The molecule has 1 unspecified atom stereocenters. The Morgan fingerprint density at radius 2 is 2.37 bits per heavy atom. The number of ether oxygens (including phenoxy) is 1. The minimum atomic E-state index is 0.0972. The van der Waals surface area contributed by atoms with Gasteiger partial charge in [0.25, 0.3) is 0 Å². The number of carbonyl (C=O) groups excluding carboxylic acids is 1. The first kappa shape index (κ1) is 14.2. The number of benzene rings is 1. The molecule has 1 aromatic rings. The Balaban J connectivity index is 2.06. The minimum Gasteiger partial charge on any atom is -0.497 e. The fraction of sp³-hybridized carbons (Fsp3) is 0.500. The summed E-state index contributed by atoms with van der Waals surface area (Å²) in [5.41, 5.74) is 6.52. The van der Waals surface area contributed by atoms with E-state index in [-0.39, 0.29) is 11.9 Å². The predicted molar refractivity (Wildman–Crippen MR) is 75.5 cm³/mol. The largest absolute Gasteiger partial charge is 0.497 e. The van der Waals surface area contributed by atoms with Crippen LogP contribution in [0.25, 0.3) is 0 Å². The van der Waals surface area contributed by atoms with Crippen LogP contribution in [-0.4, -0.2) is 37.0 Å². The maximum absolute atomic E-state index is 12.3. The highest BCUT2D eigenvalue weighted by molar-refractivity contribution is 6.31. The summed E-state index contributed by atoms with van der Waals surface area (Å²) in [7, 11) is 1.59. The van der Waals surface area contributed by atoms with Crippen LogP contribution in [0.15, 0.2) is 18.2 Å². The van der Waals surface area contributed by atoms with Gasteiger partial charge in [-0.1, -0.05) is 17.7 Å². The third-order valence-corrected chi connectivity index (χ3v) is 3.92. The molecule has 4 nitrogen and oxygen atoms in total. The Hall–Kier alpha value is -1.26. The number of likely N-dealkylation sites (tertiary alicyclic amines) is 1. The van der Waals surface area contributed by atoms with Gasteiger partial charge in [0.05, 0.1) is 13.5 Å². The molecule has 104 valence electrons. The third kappa shape index (κ3) is 3.19. The summed E-state index contributed by atoms with van der Waals surface area (Å²) in [5.74, 6) is 0.794. The van der Waals surface area contributed by atoms with Crippen molar-refractivity contribution in [2.75, 3.05) is 20.2 Å². The van der Waals surface area contributed by atoms with E-state index in [1.165, 1.54) is 0 Å². The summed E-state index contributed by atoms with van der Waals surface area (Å²) in [6.45, 7) is 1.33. The zero-order chi connectivity index (χ0) is 13.8. The van der Waals surface area contributed by atoms with Crippen LogP contribution in [0.2, 0.25) is 5.02 Å². The number of nitrogens with two attached hydrogens (primary N) is 1. The second-order valence-corrected chi connectivity index (χ2v) is 5.16. The molecule has 1 atom stereocenters. The molecule has 19 heavy (non-hydrogen) atoms. The molecule has 0 saturated carbocycles. The highest BCUT2D eigenvalue weighted by Crippen LogP contribution is 2.24. The van der Waals surface area contributed by atoms with Gasteiger partial charge in [-0.2, -0.15) is 0 Å². The van der Waals surface area contributed by atoms with Crippen molar-refractivity contribution in [2.24, 2.45) is 5.73 Å². The van der Waals surface area contributed by atoms with Gasteiger partial charge in [-0.25, -0.2) is 0 Å². The number of hydrogen-bond donors (Lipinski definition) is 1. The Labute approximate surface area is 118 Å². The van der Waals surface area contributed by atoms with Gasteiger partial charge in [0.2, 0.25) is 5.91 Å². The molecule has 0 radical (unpaired) electrons. The lowest BCUT2D eigenvalue weighted by Gasteiger charge is -2.23. The molecule has 1 aliphatic heterocycles. The molecule has 0 bridgehead atoms. The number of nitrogens with zero attached hydrogens (tertiary/aromatic N) is 1. The third-order valence-electron chi connectivity index (χ3n) is 3.57. The highest BCUT2D eigenvalue weighted by Gasteiger charge is 2.27. The number of halogens is 1. The maximum Gasteiger partial charge on any atom is 0.227 e. The number of hydrogen-bond acceptors (Lipinski definition) is 3. The lowest BCUT2D eigenvalue weighted by Crippen LogP contribution is -2.40. The molecule has 1 aliphatic rings. The molecule has 0 aromatic heterocycles. The predicted octanol–water partition coefficient (Wildman–Crippen LogP) is 1.84. The van der Waals surface area contributed by atoms with E-state index in [0.29, 0.717) is 23.7 Å². The van der Waals surface area contributed by atoms with Gasteiger partial charge in [-0.05, 0) is 30.5 Å². The second-order valence-electron chi connectivity index (χ2n) is 4.75. The normalized spacial score (nSPS) is 18.7. The van der Waals surface area contributed by atoms with E-state index in [0.717, 1.165) is 24.9 Å². The molecule has 1 amide bonds. The molecule has 0 spiro atoms. The van der Waals surface area contributed by atoms with Crippen LogP contribution >= 0.6 is 11.6 Å². The van der Waals surface area contributed by atoms with Crippen molar-refractivity contribution in [2.45, 2.75) is 25.3 Å². The molecule has 2 N–H and O–H groups in total. The van der Waals surface area contributed by atoms with Crippen molar-refractivity contribution in [3.63, 3.8) is 0 Å². The molecule has 0 aliphatic carbocycles. The summed E-state index contributed by atoms with van der Waals surface area (Å²) < 4.78 is 5.09. The zero-order valence-electron chi connectivity index (χ0n) is 11.1. The van der Waals surface area contributed by atoms with E-state index in [2.05, 4.69) is 0 Å². The van der Waals surface area contributed by atoms with Gasteiger partial charge in [-0.3, -0.25) is 4.79 Å². The smallest absolute Gasteiger partial charge is 0.227 e. The summed E-state index contributed by atoms with van der Waals surface area (Å²) in [4.78, 5) is 14.1. The van der Waals surface area contributed by atoms with Crippen LogP contribution in [0.1, 0.15) is 18.4 Å². The first-order valence-electron chi connectivity index (χ1n) is 6.47. The molecule has 1 aromatic carbocycles. The van der Waals surface area contributed by atoms with Crippen LogP contribution < -0.4 is 10.5 Å². The van der Waals surface area contributed by atoms with E-state index in [4.69, 9.17) is 22.1 Å². The first-order valence-corrected chi connectivity index (χ1v) is 6.85. The maximum atomic E-state index is 12.3. The monoisotopic (exact) mass is 282 g/mol. The Kier molecular flexibility index (Phi) is 4.66. The number of amides is 1. The zero-order valence-corrected chi connectivity index (χ0v) is 11.8. The van der Waals surface area contributed by atoms with Gasteiger partial charge < -0.3 is 15.4 Å². The minimum absolute atomic E-state index is 0.0972. The lowest BCUT2D eigenvalue weighted by molar-refractivity contribution is -0.131. The molecule has 2 rings (SSSR count). The van der Waals surface area contributed by atoms with E-state index >= 15 is 0 Å². The quantitative estimate of drug-likeness (QED) is 0.917. The van der Waals surface area contributed by atoms with Crippen molar-refractivity contribution in [3.8, 4) is 5.75 Å². The van der Waals surface area contributed by atoms with Crippen molar-refractivity contribution < 1.29 is 9.53 Å². The van der Waals surface area contributed by atoms with Crippen molar-refractivity contribution in [3.05, 3.63) is 28.8 Å². The molecule has 1 fully saturated rings. The molecule has 5 heteroatoms. The van der Waals surface area contributed by atoms with E-state index in [1.54, 1.807) is 13.2 Å². The van der Waals surface area contributed by atoms with E-state index < -0.39 is 0 Å². The Morgan fingerprint density at radius 3 is 3.00 bits per heavy atom. The highest BCUT2D eigenvalue weighted by atomic mass is 35.5. The van der Waals surface area contributed by atoms with Gasteiger partial charge in [-0.15, -0.1) is 0 Å². The van der Waals surface area contributed by atoms with Crippen LogP contribution in [0.4, 0.5) is 0 Å². The van der Waals surface area contributed by atoms with Crippen LogP contribution in [0.5, 0.6) is 5.75 Å². The molecule has 1 saturated heterocycles. The average molecular weight is 283 g/mol. The van der Waals surface area contributed by atoms with Crippen LogP contribution in [0.3, 0.4) is 0 Å². The summed E-state index contributed by atoms with van der Waals surface area (Å²) in [6, 6.07) is 5.57. The van der Waals surface area contributed by atoms with E-state index in [9.17, 15) is 4.79 Å². The fourth-order valence-corrected chi connectivity index (χ4v) is 2.71.